The third-order valence-corrected chi connectivity index (χ3v) is 4.21. The Bertz CT molecular complexity index is 130. The molecule has 1 aliphatic heterocycles. The second-order valence-corrected chi connectivity index (χ2v) is 9.12. The first-order valence-corrected chi connectivity index (χ1v) is 6.87. The number of rotatable bonds is 1. The number of carbonyl (C=O) groups excluding carboxylic acids is 1. The molecule has 0 saturated carbocycles. The molecular weight excluding hydrogens is 130 g/mol. The van der Waals surface area contributed by atoms with Gasteiger partial charge in [-0.15, -0.1) is 0 Å². The molecule has 0 aliphatic carbocycles. The van der Waals surface area contributed by atoms with Gasteiger partial charge >= 0.3 is 0 Å². The standard InChI is InChI=1S/C6H13NOSi/c1-9(2,3)6-4-5(8)7-6/h6H,4H2,1-3H3,(H,7,8). The summed E-state index contributed by atoms with van der Waals surface area (Å²) in [6.45, 7) is 6.82. The van der Waals surface area contributed by atoms with Crippen molar-refractivity contribution in [1.29, 1.82) is 0 Å². The molecule has 1 unspecified atom stereocenters. The minimum Gasteiger partial charge on any atom is -0.356 e. The van der Waals surface area contributed by atoms with Crippen LogP contribution < -0.4 is 5.32 Å². The van der Waals surface area contributed by atoms with E-state index in [-0.39, 0.29) is 5.91 Å². The van der Waals surface area contributed by atoms with Gasteiger partial charge in [0.05, 0.1) is 8.07 Å². The normalized spacial score (nSPS) is 27.0. The molecule has 1 saturated heterocycles. The zero-order valence-corrected chi connectivity index (χ0v) is 7.19. The monoisotopic (exact) mass is 143 g/mol. The molecule has 0 bridgehead atoms. The first-order chi connectivity index (χ1) is 4.00. The highest BCUT2D eigenvalue weighted by Gasteiger charge is 2.36. The van der Waals surface area contributed by atoms with Gasteiger partial charge in [0.15, 0.2) is 0 Å². The number of hydrogen-bond acceptors (Lipinski definition) is 1. The van der Waals surface area contributed by atoms with E-state index in [2.05, 4.69) is 25.0 Å². The Balaban J connectivity index is 2.40. The van der Waals surface area contributed by atoms with Crippen LogP contribution in [0.1, 0.15) is 6.42 Å². The van der Waals surface area contributed by atoms with Crippen molar-refractivity contribution in [3.8, 4) is 0 Å². The lowest BCUT2D eigenvalue weighted by atomic mass is 10.3. The molecule has 1 aliphatic rings. The van der Waals surface area contributed by atoms with Crippen molar-refractivity contribution in [3.05, 3.63) is 0 Å². The smallest absolute Gasteiger partial charge is 0.221 e. The van der Waals surface area contributed by atoms with E-state index in [9.17, 15) is 4.79 Å². The number of β-lactam (4-membered cyclic amide) rings is 1. The third-order valence-electron chi connectivity index (χ3n) is 1.77. The highest BCUT2D eigenvalue weighted by Crippen LogP contribution is 2.16. The summed E-state index contributed by atoms with van der Waals surface area (Å²) in [7, 11) is -1.05. The molecular formula is C6H13NOSi. The summed E-state index contributed by atoms with van der Waals surface area (Å²) in [6.07, 6.45) is 0.774. The van der Waals surface area contributed by atoms with Crippen LogP contribution in [-0.2, 0) is 4.79 Å². The summed E-state index contributed by atoms with van der Waals surface area (Å²) in [5, 5.41) is 2.91. The number of nitrogens with one attached hydrogen (secondary N) is 1. The summed E-state index contributed by atoms with van der Waals surface area (Å²) < 4.78 is 0. The molecule has 0 aromatic rings. The maximum atomic E-state index is 10.5. The molecule has 1 rings (SSSR count). The molecule has 0 aromatic carbocycles. The lowest BCUT2D eigenvalue weighted by Gasteiger charge is -2.36. The Labute approximate surface area is 56.7 Å². The second-order valence-electron chi connectivity index (χ2n) is 3.69. The van der Waals surface area contributed by atoms with E-state index >= 15 is 0 Å². The molecule has 0 aromatic heterocycles. The van der Waals surface area contributed by atoms with E-state index in [0.717, 1.165) is 6.42 Å². The molecule has 1 atom stereocenters. The predicted molar refractivity (Wildman–Crippen MR) is 39.9 cm³/mol. The van der Waals surface area contributed by atoms with Crippen molar-refractivity contribution in [2.75, 3.05) is 0 Å². The van der Waals surface area contributed by atoms with Gasteiger partial charge in [0.1, 0.15) is 0 Å². The summed E-state index contributed by atoms with van der Waals surface area (Å²) >= 11 is 0. The van der Waals surface area contributed by atoms with Gasteiger partial charge in [0.2, 0.25) is 5.91 Å². The van der Waals surface area contributed by atoms with E-state index in [1.54, 1.807) is 0 Å². The second kappa shape index (κ2) is 1.83. The average Bonchev–Trinajstić information content (AvgIpc) is 1.55. The van der Waals surface area contributed by atoms with E-state index in [0.29, 0.717) is 5.67 Å². The Hall–Kier alpha value is -0.313. The minimum atomic E-state index is -1.05. The molecule has 9 heavy (non-hydrogen) atoms. The van der Waals surface area contributed by atoms with Crippen LogP contribution in [0.4, 0.5) is 0 Å². The fraction of sp³-hybridized carbons (Fsp3) is 0.833. The first kappa shape index (κ1) is 6.80. The predicted octanol–water partition coefficient (Wildman–Crippen LogP) is 0.752. The summed E-state index contributed by atoms with van der Waals surface area (Å²) in [6, 6.07) is 0. The Kier molecular flexibility index (Phi) is 1.39. The third kappa shape index (κ3) is 1.33. The van der Waals surface area contributed by atoms with E-state index < -0.39 is 8.07 Å². The van der Waals surface area contributed by atoms with Gasteiger partial charge in [0, 0.05) is 12.1 Å². The molecule has 2 nitrogen and oxygen atoms in total. The zero-order chi connectivity index (χ0) is 7.07. The van der Waals surface area contributed by atoms with Crippen LogP contribution in [0.2, 0.25) is 19.6 Å². The van der Waals surface area contributed by atoms with Crippen LogP contribution >= 0.6 is 0 Å². The summed E-state index contributed by atoms with van der Waals surface area (Å²) in [5.74, 6) is 0.224. The van der Waals surface area contributed by atoms with Crippen molar-refractivity contribution in [2.24, 2.45) is 0 Å². The van der Waals surface area contributed by atoms with Crippen molar-refractivity contribution in [1.82, 2.24) is 5.32 Å². The van der Waals surface area contributed by atoms with Crippen LogP contribution in [-0.4, -0.2) is 19.6 Å². The van der Waals surface area contributed by atoms with Crippen LogP contribution in [0.3, 0.4) is 0 Å². The maximum Gasteiger partial charge on any atom is 0.221 e. The quantitative estimate of drug-likeness (QED) is 0.426. The lowest BCUT2D eigenvalue weighted by molar-refractivity contribution is -0.126. The fourth-order valence-corrected chi connectivity index (χ4v) is 2.27. The van der Waals surface area contributed by atoms with Crippen molar-refractivity contribution in [2.45, 2.75) is 31.7 Å². The summed E-state index contributed by atoms with van der Waals surface area (Å²) in [4.78, 5) is 10.5. The Morgan fingerprint density at radius 3 is 2.11 bits per heavy atom. The van der Waals surface area contributed by atoms with E-state index in [4.69, 9.17) is 0 Å². The highest BCUT2D eigenvalue weighted by atomic mass is 28.3. The molecule has 52 valence electrons. The van der Waals surface area contributed by atoms with Crippen molar-refractivity contribution < 1.29 is 4.79 Å². The van der Waals surface area contributed by atoms with Crippen LogP contribution in [0, 0.1) is 0 Å². The highest BCUT2D eigenvalue weighted by molar-refractivity contribution is 6.78. The number of hydrogen-bond donors (Lipinski definition) is 1. The molecule has 0 spiro atoms. The largest absolute Gasteiger partial charge is 0.356 e. The van der Waals surface area contributed by atoms with Gasteiger partial charge in [-0.05, 0) is 0 Å². The average molecular weight is 143 g/mol. The van der Waals surface area contributed by atoms with E-state index in [1.165, 1.54) is 0 Å². The topological polar surface area (TPSA) is 29.1 Å². The molecule has 1 heterocycles. The van der Waals surface area contributed by atoms with Gasteiger partial charge in [-0.1, -0.05) is 19.6 Å². The maximum absolute atomic E-state index is 10.5. The van der Waals surface area contributed by atoms with Crippen molar-refractivity contribution in [3.63, 3.8) is 0 Å². The van der Waals surface area contributed by atoms with Gasteiger partial charge in [-0.25, -0.2) is 0 Å². The molecule has 1 N–H and O–H groups in total. The molecule has 0 radical (unpaired) electrons. The molecule has 1 fully saturated rings. The molecule has 3 heteroatoms. The molecule has 1 amide bonds. The van der Waals surface area contributed by atoms with Gasteiger partial charge in [-0.3, -0.25) is 4.79 Å². The van der Waals surface area contributed by atoms with Crippen molar-refractivity contribution >= 4 is 14.0 Å². The Morgan fingerprint density at radius 2 is 2.00 bits per heavy atom. The van der Waals surface area contributed by atoms with E-state index in [1.807, 2.05) is 0 Å². The number of amides is 1. The zero-order valence-electron chi connectivity index (χ0n) is 6.19. The van der Waals surface area contributed by atoms with Crippen LogP contribution in [0.25, 0.3) is 0 Å². The summed E-state index contributed by atoms with van der Waals surface area (Å²) in [5.41, 5.74) is 0.546. The lowest BCUT2D eigenvalue weighted by Crippen LogP contribution is -2.60. The fourth-order valence-electron chi connectivity index (χ4n) is 0.881. The van der Waals surface area contributed by atoms with Gasteiger partial charge in [0.25, 0.3) is 0 Å². The minimum absolute atomic E-state index is 0.224. The Morgan fingerprint density at radius 1 is 1.56 bits per heavy atom. The van der Waals surface area contributed by atoms with Gasteiger partial charge in [-0.2, -0.15) is 0 Å². The SMILES string of the molecule is C[Si](C)(C)C1CC(=O)N1. The van der Waals surface area contributed by atoms with Gasteiger partial charge < -0.3 is 5.32 Å². The van der Waals surface area contributed by atoms with Crippen LogP contribution in [0.15, 0.2) is 0 Å². The van der Waals surface area contributed by atoms with Crippen LogP contribution in [0.5, 0.6) is 0 Å². The number of carbonyl (C=O) groups is 1. The first-order valence-electron chi connectivity index (χ1n) is 3.29.